The van der Waals surface area contributed by atoms with Crippen molar-refractivity contribution < 1.29 is 23.6 Å². The third-order valence-corrected chi connectivity index (χ3v) is 6.99. The lowest BCUT2D eigenvalue weighted by Crippen LogP contribution is -2.59. The van der Waals surface area contributed by atoms with Crippen molar-refractivity contribution in [2.75, 3.05) is 24.6 Å². The van der Waals surface area contributed by atoms with E-state index in [1.165, 1.54) is 0 Å². The monoisotopic (exact) mass is 485 g/mol. The summed E-state index contributed by atoms with van der Waals surface area (Å²) in [4.78, 5) is 41.4. The quantitative estimate of drug-likeness (QED) is 0.447. The third-order valence-electron chi connectivity index (χ3n) is 6.74. The molecule has 182 valence electrons. The van der Waals surface area contributed by atoms with Crippen molar-refractivity contribution in [1.29, 1.82) is 0 Å². The van der Waals surface area contributed by atoms with E-state index in [9.17, 15) is 14.4 Å². The number of ether oxygens (including phenoxy) is 1. The highest BCUT2D eigenvalue weighted by atomic mass is 35.5. The molecule has 1 aliphatic rings. The zero-order valence-electron chi connectivity index (χ0n) is 20.5. The highest BCUT2D eigenvalue weighted by Gasteiger charge is 2.53. The molecule has 34 heavy (non-hydrogen) atoms. The minimum atomic E-state index is -0.457. The maximum atomic E-state index is 13.5. The molecule has 0 aromatic heterocycles. The van der Waals surface area contributed by atoms with Crippen molar-refractivity contribution in [3.63, 3.8) is 0 Å². The van der Waals surface area contributed by atoms with Crippen molar-refractivity contribution in [3.8, 4) is 0 Å². The second kappa shape index (κ2) is 11.2. The number of aryl methyl sites for hydroxylation is 2. The van der Waals surface area contributed by atoms with Crippen molar-refractivity contribution in [1.82, 2.24) is 0 Å². The highest BCUT2D eigenvalue weighted by Crippen LogP contribution is 2.31. The molecule has 0 aliphatic carbocycles. The predicted molar refractivity (Wildman–Crippen MR) is 134 cm³/mol. The van der Waals surface area contributed by atoms with Crippen molar-refractivity contribution in [2.45, 2.75) is 59.4 Å². The fourth-order valence-corrected chi connectivity index (χ4v) is 5.07. The molecule has 2 aromatic rings. The number of benzene rings is 2. The maximum Gasteiger partial charge on any atom is 0.523 e. The first-order valence-corrected chi connectivity index (χ1v) is 12.3. The molecule has 2 aromatic carbocycles. The van der Waals surface area contributed by atoms with Crippen molar-refractivity contribution >= 4 is 35.2 Å². The SMILES string of the molecule is CCOC(=O)[N+]1(C(=O)CCCN(C(=O)c2ccc(Cl)cc2)c2c(C)cccc2C)CCC[C@H]1C. The number of quaternary nitrogens is 1. The summed E-state index contributed by atoms with van der Waals surface area (Å²) >= 11 is 6.01. The Hall–Kier alpha value is -2.70. The Balaban J connectivity index is 1.83. The minimum Gasteiger partial charge on any atom is -0.420 e. The zero-order valence-corrected chi connectivity index (χ0v) is 21.2. The zero-order chi connectivity index (χ0) is 24.9. The topological polar surface area (TPSA) is 63.7 Å². The minimum absolute atomic E-state index is 0.100. The van der Waals surface area contributed by atoms with E-state index >= 15 is 0 Å². The van der Waals surface area contributed by atoms with Crippen molar-refractivity contribution in [2.24, 2.45) is 0 Å². The second-order valence-electron chi connectivity index (χ2n) is 8.98. The van der Waals surface area contributed by atoms with Crippen LogP contribution in [0.25, 0.3) is 0 Å². The fourth-order valence-electron chi connectivity index (χ4n) is 4.94. The van der Waals surface area contributed by atoms with Crippen LogP contribution < -0.4 is 4.90 Å². The Morgan fingerprint density at radius 3 is 2.29 bits per heavy atom. The van der Waals surface area contributed by atoms with Crippen LogP contribution in [0.2, 0.25) is 5.02 Å². The Morgan fingerprint density at radius 2 is 1.74 bits per heavy atom. The molecule has 1 heterocycles. The molecule has 0 spiro atoms. The maximum absolute atomic E-state index is 13.5. The number of amides is 3. The molecular weight excluding hydrogens is 452 g/mol. The van der Waals surface area contributed by atoms with Gasteiger partial charge in [0.1, 0.15) is 6.04 Å². The summed E-state index contributed by atoms with van der Waals surface area (Å²) in [5.41, 5.74) is 3.34. The average molecular weight is 486 g/mol. The molecule has 0 saturated carbocycles. The lowest BCUT2D eigenvalue weighted by Gasteiger charge is -2.32. The van der Waals surface area contributed by atoms with Crippen LogP contribution in [0, 0.1) is 13.8 Å². The number of para-hydroxylation sites is 1. The van der Waals surface area contributed by atoms with Crippen LogP contribution in [0.15, 0.2) is 42.5 Å². The number of rotatable bonds is 7. The number of hydrogen-bond acceptors (Lipinski definition) is 4. The Morgan fingerprint density at radius 1 is 1.09 bits per heavy atom. The van der Waals surface area contributed by atoms with Gasteiger partial charge < -0.3 is 9.64 Å². The smallest absolute Gasteiger partial charge is 0.420 e. The van der Waals surface area contributed by atoms with E-state index in [-0.39, 0.29) is 35.4 Å². The van der Waals surface area contributed by atoms with E-state index in [4.69, 9.17) is 16.3 Å². The van der Waals surface area contributed by atoms with Gasteiger partial charge >= 0.3 is 12.0 Å². The molecule has 1 unspecified atom stereocenters. The summed E-state index contributed by atoms with van der Waals surface area (Å²) in [6, 6.07) is 12.6. The Kier molecular flexibility index (Phi) is 8.50. The van der Waals surface area contributed by atoms with Gasteiger partial charge in [0.15, 0.2) is 0 Å². The van der Waals surface area contributed by atoms with E-state index in [0.29, 0.717) is 30.1 Å². The standard InChI is InChI=1S/C27H34ClN2O4/c1-5-34-27(33)30(18-8-11-21(30)4)24(31)12-7-17-29(25-19(2)9-6-10-20(25)3)26(32)22-13-15-23(28)16-14-22/h6,9-10,13-16,21H,5,7-8,11-12,17-18H2,1-4H3/q+1/t21-,30?/m1/s1. The van der Waals surface area contributed by atoms with Crippen LogP contribution in [0.5, 0.6) is 0 Å². The van der Waals surface area contributed by atoms with Crippen LogP contribution in [0.1, 0.15) is 61.0 Å². The van der Waals surface area contributed by atoms with Gasteiger partial charge in [-0.15, -0.1) is 0 Å². The van der Waals surface area contributed by atoms with Crippen LogP contribution in [0.3, 0.4) is 0 Å². The first-order valence-electron chi connectivity index (χ1n) is 11.9. The Labute approximate surface area is 207 Å². The van der Waals surface area contributed by atoms with Crippen molar-refractivity contribution in [3.05, 3.63) is 64.2 Å². The number of nitrogens with zero attached hydrogens (tertiary/aromatic N) is 2. The first kappa shape index (κ1) is 25.9. The molecule has 7 heteroatoms. The number of likely N-dealkylation sites (tertiary alicyclic amines) is 1. The van der Waals surface area contributed by atoms with Gasteiger partial charge in [0.2, 0.25) is 0 Å². The lowest BCUT2D eigenvalue weighted by molar-refractivity contribution is -0.793. The van der Waals surface area contributed by atoms with Crippen LogP contribution in [-0.2, 0) is 9.53 Å². The summed E-state index contributed by atoms with van der Waals surface area (Å²) in [6.07, 6.45) is 1.81. The number of imide groups is 1. The van der Waals surface area contributed by atoms with Gasteiger partial charge in [-0.1, -0.05) is 29.8 Å². The second-order valence-corrected chi connectivity index (χ2v) is 9.42. The molecule has 0 radical (unpaired) electrons. The van der Waals surface area contributed by atoms with Crippen LogP contribution in [0.4, 0.5) is 10.5 Å². The van der Waals surface area contributed by atoms with Gasteiger partial charge in [-0.05, 0) is 69.5 Å². The van der Waals surface area contributed by atoms with Gasteiger partial charge in [0, 0.05) is 35.7 Å². The molecule has 2 atom stereocenters. The largest absolute Gasteiger partial charge is 0.523 e. The first-order chi connectivity index (χ1) is 16.2. The molecule has 3 amide bonds. The third kappa shape index (κ3) is 5.18. The lowest BCUT2D eigenvalue weighted by atomic mass is 10.1. The predicted octanol–water partition coefficient (Wildman–Crippen LogP) is 6.07. The normalized spacial score (nSPS) is 19.6. The van der Waals surface area contributed by atoms with Gasteiger partial charge in [-0.25, -0.2) is 4.79 Å². The summed E-state index contributed by atoms with van der Waals surface area (Å²) in [7, 11) is 0. The number of carbonyl (C=O) groups excluding carboxylic acids is 3. The summed E-state index contributed by atoms with van der Waals surface area (Å²) < 4.78 is 5.04. The molecule has 0 N–H and O–H groups in total. The van der Waals surface area contributed by atoms with Crippen LogP contribution >= 0.6 is 11.6 Å². The summed E-state index contributed by atoms with van der Waals surface area (Å²) in [6.45, 7) is 8.72. The molecule has 1 fully saturated rings. The van der Waals surface area contributed by atoms with Crippen LogP contribution in [-0.4, -0.2) is 48.1 Å². The molecule has 3 rings (SSSR count). The van der Waals surface area contributed by atoms with Gasteiger partial charge in [0.25, 0.3) is 5.91 Å². The Bertz CT molecular complexity index is 1030. The number of halogens is 1. The number of anilines is 1. The molecule has 0 bridgehead atoms. The highest BCUT2D eigenvalue weighted by molar-refractivity contribution is 6.30. The molecular formula is C27H34ClN2O4+. The average Bonchev–Trinajstić information content (AvgIpc) is 3.20. The summed E-state index contributed by atoms with van der Waals surface area (Å²) in [5, 5.41) is 0.563. The summed E-state index contributed by atoms with van der Waals surface area (Å²) in [5.74, 6) is -0.283. The fraction of sp³-hybridized carbons (Fsp3) is 0.444. The molecule has 6 nitrogen and oxygen atoms in total. The van der Waals surface area contributed by atoms with E-state index < -0.39 is 6.09 Å². The number of carbonyl (C=O) groups is 3. The van der Waals surface area contributed by atoms with Gasteiger partial charge in [-0.3, -0.25) is 4.79 Å². The van der Waals surface area contributed by atoms with Gasteiger partial charge in [0.05, 0.1) is 19.6 Å². The van der Waals surface area contributed by atoms with Gasteiger partial charge in [-0.2, -0.15) is 9.28 Å². The molecule has 1 aliphatic heterocycles. The molecule has 1 saturated heterocycles. The number of hydrogen-bond donors (Lipinski definition) is 0. The van der Waals surface area contributed by atoms with E-state index in [1.807, 2.05) is 39.0 Å². The van der Waals surface area contributed by atoms with E-state index in [0.717, 1.165) is 29.7 Å². The van der Waals surface area contributed by atoms with E-state index in [2.05, 4.69) is 0 Å². The van der Waals surface area contributed by atoms with E-state index in [1.54, 1.807) is 36.1 Å².